The van der Waals surface area contributed by atoms with Gasteiger partial charge < -0.3 is 14.6 Å². The van der Waals surface area contributed by atoms with E-state index in [-0.39, 0.29) is 19.0 Å². The van der Waals surface area contributed by atoms with E-state index >= 15 is 0 Å². The number of hydrogen-bond acceptors (Lipinski definition) is 3. The quantitative estimate of drug-likeness (QED) is 0.825. The molecule has 3 heteroatoms. The van der Waals surface area contributed by atoms with E-state index in [2.05, 4.69) is 0 Å². The molecule has 0 unspecified atom stereocenters. The first-order valence-corrected chi connectivity index (χ1v) is 5.36. The second-order valence-corrected chi connectivity index (χ2v) is 3.73. The Morgan fingerprint density at radius 3 is 2.80 bits per heavy atom. The summed E-state index contributed by atoms with van der Waals surface area (Å²) >= 11 is 0. The molecule has 1 fully saturated rings. The van der Waals surface area contributed by atoms with Crippen LogP contribution in [0.4, 0.5) is 0 Å². The lowest BCUT2D eigenvalue weighted by molar-refractivity contribution is -0.158. The Kier molecular flexibility index (Phi) is 3.59. The van der Waals surface area contributed by atoms with Crippen molar-refractivity contribution >= 4 is 0 Å². The van der Waals surface area contributed by atoms with Crippen LogP contribution in [0.3, 0.4) is 0 Å². The van der Waals surface area contributed by atoms with Gasteiger partial charge >= 0.3 is 0 Å². The molecule has 15 heavy (non-hydrogen) atoms. The molecule has 1 saturated heterocycles. The lowest BCUT2D eigenvalue weighted by Gasteiger charge is -2.29. The van der Waals surface area contributed by atoms with Crippen molar-refractivity contribution in [3.05, 3.63) is 30.3 Å². The minimum absolute atomic E-state index is 0.0625. The summed E-state index contributed by atoms with van der Waals surface area (Å²) in [6, 6.07) is 9.63. The van der Waals surface area contributed by atoms with Crippen LogP contribution in [0.15, 0.2) is 30.3 Å². The van der Waals surface area contributed by atoms with E-state index < -0.39 is 0 Å². The molecule has 2 rings (SSSR count). The molecule has 1 heterocycles. The van der Waals surface area contributed by atoms with E-state index in [0.717, 1.165) is 25.0 Å². The van der Waals surface area contributed by atoms with Crippen LogP contribution in [0.25, 0.3) is 0 Å². The number of aliphatic hydroxyl groups excluding tert-OH is 1. The highest BCUT2D eigenvalue weighted by atomic mass is 16.7. The summed E-state index contributed by atoms with van der Waals surface area (Å²) in [4.78, 5) is 0. The molecule has 1 N–H and O–H groups in total. The van der Waals surface area contributed by atoms with Crippen LogP contribution in [0.2, 0.25) is 0 Å². The van der Waals surface area contributed by atoms with Gasteiger partial charge in [0.2, 0.25) is 0 Å². The highest BCUT2D eigenvalue weighted by Crippen LogP contribution is 2.22. The third kappa shape index (κ3) is 2.94. The maximum absolute atomic E-state index is 8.99. The molecule has 2 atom stereocenters. The topological polar surface area (TPSA) is 38.7 Å². The normalized spacial score (nSPS) is 26.2. The van der Waals surface area contributed by atoms with Crippen LogP contribution in [0, 0.1) is 0 Å². The van der Waals surface area contributed by atoms with Gasteiger partial charge in [0.05, 0.1) is 12.7 Å². The van der Waals surface area contributed by atoms with Crippen LogP contribution in [0.5, 0.6) is 5.75 Å². The molecule has 82 valence electrons. The first kappa shape index (κ1) is 10.5. The van der Waals surface area contributed by atoms with E-state index in [1.165, 1.54) is 0 Å². The van der Waals surface area contributed by atoms with Crippen molar-refractivity contribution in [2.45, 2.75) is 31.7 Å². The van der Waals surface area contributed by atoms with Gasteiger partial charge in [-0.2, -0.15) is 0 Å². The summed E-state index contributed by atoms with van der Waals surface area (Å²) in [5, 5.41) is 8.99. The minimum atomic E-state index is -0.210. The molecule has 0 radical (unpaired) electrons. The Balaban J connectivity index is 1.89. The van der Waals surface area contributed by atoms with Gasteiger partial charge in [-0.15, -0.1) is 0 Å². The largest absolute Gasteiger partial charge is 0.465 e. The molecule has 0 bridgehead atoms. The summed E-state index contributed by atoms with van der Waals surface area (Å²) in [7, 11) is 0. The Bertz CT molecular complexity index is 286. The molecule has 1 aliphatic rings. The monoisotopic (exact) mass is 208 g/mol. The third-order valence-electron chi connectivity index (χ3n) is 2.52. The van der Waals surface area contributed by atoms with Crippen molar-refractivity contribution in [2.75, 3.05) is 6.61 Å². The molecule has 1 aromatic carbocycles. The fraction of sp³-hybridized carbons (Fsp3) is 0.500. The Morgan fingerprint density at radius 2 is 2.07 bits per heavy atom. The predicted octanol–water partition coefficient (Wildman–Crippen LogP) is 1.95. The zero-order valence-electron chi connectivity index (χ0n) is 8.63. The number of para-hydroxylation sites is 1. The Hall–Kier alpha value is -1.06. The minimum Gasteiger partial charge on any atom is -0.465 e. The SMILES string of the molecule is OC[C@@H]1CCC[C@H](Oc2ccccc2)O1. The van der Waals surface area contributed by atoms with Gasteiger partial charge in [-0.3, -0.25) is 0 Å². The van der Waals surface area contributed by atoms with Gasteiger partial charge in [-0.25, -0.2) is 0 Å². The van der Waals surface area contributed by atoms with Crippen LogP contribution in [-0.4, -0.2) is 24.1 Å². The van der Waals surface area contributed by atoms with E-state index in [0.29, 0.717) is 0 Å². The second-order valence-electron chi connectivity index (χ2n) is 3.73. The third-order valence-corrected chi connectivity index (χ3v) is 2.52. The molecule has 0 spiro atoms. The second kappa shape index (κ2) is 5.14. The summed E-state index contributed by atoms with van der Waals surface area (Å²) in [5.41, 5.74) is 0. The lowest BCUT2D eigenvalue weighted by Crippen LogP contribution is -2.33. The zero-order chi connectivity index (χ0) is 10.5. The van der Waals surface area contributed by atoms with Crippen molar-refractivity contribution in [1.82, 2.24) is 0 Å². The van der Waals surface area contributed by atoms with Crippen molar-refractivity contribution in [3.63, 3.8) is 0 Å². The van der Waals surface area contributed by atoms with Crippen LogP contribution in [0.1, 0.15) is 19.3 Å². The molecular formula is C12H16O3. The summed E-state index contributed by atoms with van der Waals surface area (Å²) < 4.78 is 11.2. The maximum Gasteiger partial charge on any atom is 0.200 e. The Labute approximate surface area is 89.6 Å². The smallest absolute Gasteiger partial charge is 0.200 e. The highest BCUT2D eigenvalue weighted by molar-refractivity contribution is 5.21. The number of hydrogen-bond donors (Lipinski definition) is 1. The van der Waals surface area contributed by atoms with Crippen LogP contribution in [-0.2, 0) is 4.74 Å². The fourth-order valence-electron chi connectivity index (χ4n) is 1.73. The average Bonchev–Trinajstić information content (AvgIpc) is 2.31. The predicted molar refractivity (Wildman–Crippen MR) is 56.7 cm³/mol. The first-order valence-electron chi connectivity index (χ1n) is 5.36. The van der Waals surface area contributed by atoms with Crippen LogP contribution < -0.4 is 4.74 Å². The Morgan fingerprint density at radius 1 is 1.27 bits per heavy atom. The highest BCUT2D eigenvalue weighted by Gasteiger charge is 2.22. The van der Waals surface area contributed by atoms with Gasteiger partial charge in [0.1, 0.15) is 5.75 Å². The zero-order valence-corrected chi connectivity index (χ0v) is 8.63. The van der Waals surface area contributed by atoms with Crippen molar-refractivity contribution < 1.29 is 14.6 Å². The van der Waals surface area contributed by atoms with Gasteiger partial charge in [0.25, 0.3) is 0 Å². The number of rotatable bonds is 3. The summed E-state index contributed by atoms with van der Waals surface area (Å²) in [6.45, 7) is 0.0780. The first-order chi connectivity index (χ1) is 7.38. The average molecular weight is 208 g/mol. The number of ether oxygens (including phenoxy) is 2. The number of benzene rings is 1. The van der Waals surface area contributed by atoms with Crippen molar-refractivity contribution in [3.8, 4) is 5.75 Å². The fourth-order valence-corrected chi connectivity index (χ4v) is 1.73. The van der Waals surface area contributed by atoms with Gasteiger partial charge in [-0.05, 0) is 25.0 Å². The van der Waals surface area contributed by atoms with Gasteiger partial charge in [0.15, 0.2) is 6.29 Å². The molecule has 0 aliphatic carbocycles. The molecule has 0 aromatic heterocycles. The van der Waals surface area contributed by atoms with E-state index in [1.807, 2.05) is 30.3 Å². The molecule has 1 aliphatic heterocycles. The molecule has 1 aromatic rings. The lowest BCUT2D eigenvalue weighted by atomic mass is 10.1. The molecule has 3 nitrogen and oxygen atoms in total. The van der Waals surface area contributed by atoms with Gasteiger partial charge in [-0.1, -0.05) is 18.2 Å². The van der Waals surface area contributed by atoms with Gasteiger partial charge in [0, 0.05) is 6.42 Å². The van der Waals surface area contributed by atoms with Crippen molar-refractivity contribution in [2.24, 2.45) is 0 Å². The standard InChI is InChI=1S/C12H16O3/c13-9-11-7-4-8-12(15-11)14-10-5-2-1-3-6-10/h1-3,5-6,11-13H,4,7-9H2/t11-,12+/m0/s1. The molecule has 0 amide bonds. The molecule has 0 saturated carbocycles. The molecular weight excluding hydrogens is 192 g/mol. The van der Waals surface area contributed by atoms with Crippen LogP contribution >= 0.6 is 0 Å². The van der Waals surface area contributed by atoms with E-state index in [4.69, 9.17) is 14.6 Å². The van der Waals surface area contributed by atoms with E-state index in [1.54, 1.807) is 0 Å². The maximum atomic E-state index is 8.99. The van der Waals surface area contributed by atoms with Crippen molar-refractivity contribution in [1.29, 1.82) is 0 Å². The van der Waals surface area contributed by atoms with E-state index in [9.17, 15) is 0 Å². The summed E-state index contributed by atoms with van der Waals surface area (Å²) in [5.74, 6) is 0.820. The number of aliphatic hydroxyl groups is 1. The summed E-state index contributed by atoms with van der Waals surface area (Å²) in [6.07, 6.45) is 2.59.